The van der Waals surface area contributed by atoms with Gasteiger partial charge in [-0.3, -0.25) is 10.1 Å². The van der Waals surface area contributed by atoms with Crippen LogP contribution in [0.15, 0.2) is 40.9 Å². The highest BCUT2D eigenvalue weighted by atomic mass is 79.9. The van der Waals surface area contributed by atoms with E-state index in [1.807, 2.05) is 0 Å². The van der Waals surface area contributed by atoms with Gasteiger partial charge in [0.1, 0.15) is 0 Å². The van der Waals surface area contributed by atoms with Crippen LogP contribution in [0.25, 0.3) is 0 Å². The third-order valence-corrected chi connectivity index (χ3v) is 3.54. The Morgan fingerprint density at radius 3 is 2.57 bits per heavy atom. The molecule has 0 fully saturated rings. The van der Waals surface area contributed by atoms with E-state index in [-0.39, 0.29) is 22.0 Å². The first-order chi connectivity index (χ1) is 9.88. The van der Waals surface area contributed by atoms with Gasteiger partial charge in [-0.1, -0.05) is 29.3 Å². The zero-order chi connectivity index (χ0) is 15.6. The average Bonchev–Trinajstić information content (AvgIpc) is 2.42. The zero-order valence-electron chi connectivity index (χ0n) is 10.2. The second-order valence-electron chi connectivity index (χ2n) is 3.90. The van der Waals surface area contributed by atoms with Crippen LogP contribution >= 0.6 is 39.1 Å². The first-order valence-electron chi connectivity index (χ1n) is 5.49. The molecular weight excluding hydrogens is 385 g/mol. The Balaban J connectivity index is 2.30. The SMILES string of the molecule is O=C(Oc1c(Cl)cc(Cl)cc1Br)c1cccc([N+](=O)[O-])c1. The Kier molecular flexibility index (Phi) is 4.82. The highest BCUT2D eigenvalue weighted by Gasteiger charge is 2.17. The molecule has 8 heteroatoms. The van der Waals surface area contributed by atoms with Crippen LogP contribution in [0.3, 0.4) is 0 Å². The van der Waals surface area contributed by atoms with Crippen molar-refractivity contribution in [2.45, 2.75) is 0 Å². The van der Waals surface area contributed by atoms with E-state index >= 15 is 0 Å². The minimum absolute atomic E-state index is 0.0436. The third-order valence-electron chi connectivity index (χ3n) is 2.45. The fourth-order valence-electron chi connectivity index (χ4n) is 1.52. The van der Waals surface area contributed by atoms with Crippen LogP contribution in [0.4, 0.5) is 5.69 Å². The maximum absolute atomic E-state index is 12.0. The van der Waals surface area contributed by atoms with Crippen LogP contribution in [-0.2, 0) is 0 Å². The predicted octanol–water partition coefficient (Wildman–Crippen LogP) is 4.88. The highest BCUT2D eigenvalue weighted by Crippen LogP contribution is 2.36. The van der Waals surface area contributed by atoms with E-state index in [1.54, 1.807) is 0 Å². The number of nitro benzene ring substituents is 1. The molecule has 2 rings (SSSR count). The molecule has 0 saturated heterocycles. The molecule has 2 aromatic carbocycles. The molecule has 0 unspecified atom stereocenters. The molecule has 0 amide bonds. The van der Waals surface area contributed by atoms with Crippen LogP contribution in [0, 0.1) is 10.1 Å². The molecule has 21 heavy (non-hydrogen) atoms. The maximum atomic E-state index is 12.0. The Morgan fingerprint density at radius 2 is 1.95 bits per heavy atom. The topological polar surface area (TPSA) is 69.4 Å². The van der Waals surface area contributed by atoms with E-state index in [0.717, 1.165) is 6.07 Å². The van der Waals surface area contributed by atoms with Gasteiger partial charge in [-0.05, 0) is 34.1 Å². The molecule has 2 aromatic rings. The molecule has 5 nitrogen and oxygen atoms in total. The van der Waals surface area contributed by atoms with Crippen molar-refractivity contribution in [1.29, 1.82) is 0 Å². The van der Waals surface area contributed by atoms with Crippen LogP contribution in [0.5, 0.6) is 5.75 Å². The van der Waals surface area contributed by atoms with Crippen molar-refractivity contribution < 1.29 is 14.5 Å². The number of rotatable bonds is 3. The molecule has 108 valence electrons. The summed E-state index contributed by atoms with van der Waals surface area (Å²) in [6, 6.07) is 8.15. The summed E-state index contributed by atoms with van der Waals surface area (Å²) in [6.07, 6.45) is 0. The summed E-state index contributed by atoms with van der Waals surface area (Å²) in [5, 5.41) is 11.2. The number of hydrogen-bond donors (Lipinski definition) is 0. The summed E-state index contributed by atoms with van der Waals surface area (Å²) >= 11 is 14.9. The van der Waals surface area contributed by atoms with Gasteiger partial charge in [0, 0.05) is 17.2 Å². The van der Waals surface area contributed by atoms with Crippen molar-refractivity contribution >= 4 is 50.8 Å². The van der Waals surface area contributed by atoms with Crippen LogP contribution in [0.2, 0.25) is 10.0 Å². The number of ether oxygens (including phenoxy) is 1. The van der Waals surface area contributed by atoms with E-state index in [0.29, 0.717) is 9.50 Å². The number of nitrogens with zero attached hydrogens (tertiary/aromatic N) is 1. The normalized spacial score (nSPS) is 10.2. The lowest BCUT2D eigenvalue weighted by atomic mass is 10.2. The quantitative estimate of drug-likeness (QED) is 0.324. The summed E-state index contributed by atoms with van der Waals surface area (Å²) in [6.45, 7) is 0. The molecule has 0 bridgehead atoms. The van der Waals surface area contributed by atoms with Crippen LogP contribution in [-0.4, -0.2) is 10.9 Å². The Labute approximate surface area is 137 Å². The highest BCUT2D eigenvalue weighted by molar-refractivity contribution is 9.10. The Hall–Kier alpha value is -1.63. The first kappa shape index (κ1) is 15.8. The summed E-state index contributed by atoms with van der Waals surface area (Å²) in [5.41, 5.74) is -0.159. The first-order valence-corrected chi connectivity index (χ1v) is 7.04. The van der Waals surface area contributed by atoms with Gasteiger partial charge < -0.3 is 4.74 Å². The number of carbonyl (C=O) groups is 1. The monoisotopic (exact) mass is 389 g/mol. The molecule has 0 N–H and O–H groups in total. The van der Waals surface area contributed by atoms with Crippen molar-refractivity contribution in [3.63, 3.8) is 0 Å². The van der Waals surface area contributed by atoms with Crippen LogP contribution in [0.1, 0.15) is 10.4 Å². The average molecular weight is 391 g/mol. The number of nitro groups is 1. The lowest BCUT2D eigenvalue weighted by Crippen LogP contribution is -2.09. The zero-order valence-corrected chi connectivity index (χ0v) is 13.3. The summed E-state index contributed by atoms with van der Waals surface area (Å²) in [5.74, 6) is -0.666. The smallest absolute Gasteiger partial charge is 0.343 e. The summed E-state index contributed by atoms with van der Waals surface area (Å²) < 4.78 is 5.55. The van der Waals surface area contributed by atoms with E-state index in [4.69, 9.17) is 27.9 Å². The molecule has 0 aliphatic rings. The number of carbonyl (C=O) groups excluding carboxylic acids is 1. The van der Waals surface area contributed by atoms with Crippen molar-refractivity contribution in [2.75, 3.05) is 0 Å². The number of esters is 1. The molecule has 0 heterocycles. The molecule has 0 radical (unpaired) electrons. The Bertz CT molecular complexity index is 713. The van der Waals surface area contributed by atoms with Crippen molar-refractivity contribution in [2.24, 2.45) is 0 Å². The van der Waals surface area contributed by atoms with Gasteiger partial charge in [0.15, 0.2) is 5.75 Å². The number of benzene rings is 2. The van der Waals surface area contributed by atoms with Gasteiger partial charge in [0.05, 0.1) is 20.0 Å². The van der Waals surface area contributed by atoms with Gasteiger partial charge in [0.2, 0.25) is 0 Å². The minimum Gasteiger partial charge on any atom is -0.420 e. The third kappa shape index (κ3) is 3.72. The van der Waals surface area contributed by atoms with Gasteiger partial charge in [-0.15, -0.1) is 0 Å². The number of hydrogen-bond acceptors (Lipinski definition) is 4. The second-order valence-corrected chi connectivity index (χ2v) is 5.59. The van der Waals surface area contributed by atoms with Crippen LogP contribution < -0.4 is 4.74 Å². The van der Waals surface area contributed by atoms with E-state index < -0.39 is 10.9 Å². The van der Waals surface area contributed by atoms with Crippen molar-refractivity contribution in [3.8, 4) is 5.75 Å². The standard InChI is InChI=1S/C13H6BrCl2NO4/c14-10-5-8(15)6-11(16)12(10)21-13(18)7-2-1-3-9(4-7)17(19)20/h1-6H. The van der Waals surface area contributed by atoms with Gasteiger partial charge in [-0.25, -0.2) is 4.79 Å². The number of non-ortho nitro benzene ring substituents is 1. The molecule has 0 aliphatic heterocycles. The Morgan fingerprint density at radius 1 is 1.24 bits per heavy atom. The van der Waals surface area contributed by atoms with E-state index in [9.17, 15) is 14.9 Å². The minimum atomic E-state index is -0.761. The summed E-state index contributed by atoms with van der Waals surface area (Å²) in [4.78, 5) is 22.1. The second kappa shape index (κ2) is 6.43. The lowest BCUT2D eigenvalue weighted by Gasteiger charge is -2.08. The molecule has 0 aromatic heterocycles. The largest absolute Gasteiger partial charge is 0.420 e. The summed E-state index contributed by atoms with van der Waals surface area (Å²) in [7, 11) is 0. The number of halogens is 3. The lowest BCUT2D eigenvalue weighted by molar-refractivity contribution is -0.384. The van der Waals surface area contributed by atoms with E-state index in [1.165, 1.54) is 30.3 Å². The van der Waals surface area contributed by atoms with Crippen molar-refractivity contribution in [1.82, 2.24) is 0 Å². The van der Waals surface area contributed by atoms with Gasteiger partial charge in [-0.2, -0.15) is 0 Å². The molecule has 0 spiro atoms. The molecule has 0 aliphatic carbocycles. The maximum Gasteiger partial charge on any atom is 0.343 e. The van der Waals surface area contributed by atoms with Gasteiger partial charge in [0.25, 0.3) is 5.69 Å². The predicted molar refractivity (Wildman–Crippen MR) is 82.2 cm³/mol. The molecular formula is C13H6BrCl2NO4. The molecule has 0 saturated carbocycles. The van der Waals surface area contributed by atoms with E-state index in [2.05, 4.69) is 15.9 Å². The fourth-order valence-corrected chi connectivity index (χ4v) is 2.84. The molecule has 0 atom stereocenters. The van der Waals surface area contributed by atoms with Gasteiger partial charge >= 0.3 is 5.97 Å². The fraction of sp³-hybridized carbons (Fsp3) is 0. The van der Waals surface area contributed by atoms with Crippen molar-refractivity contribution in [3.05, 3.63) is 66.6 Å².